The van der Waals surface area contributed by atoms with Crippen molar-refractivity contribution in [2.75, 3.05) is 33.9 Å². The molecule has 0 spiro atoms. The third kappa shape index (κ3) is 7.61. The number of aromatic nitrogens is 3. The standard InChI is InChI=1S/C18H28N6O2.HI/c1-5-19-18(23(2)13-17-21-14-22-24(17)3)20-10-7-11-26-16-9-6-8-15(12-16)25-4;/h6,8-9,12,14H,5,7,10-11,13H2,1-4H3,(H,19,20);1H. The summed E-state index contributed by atoms with van der Waals surface area (Å²) < 4.78 is 12.7. The van der Waals surface area contributed by atoms with E-state index in [1.165, 1.54) is 0 Å². The molecule has 0 saturated heterocycles. The summed E-state index contributed by atoms with van der Waals surface area (Å²) in [5, 5.41) is 7.39. The largest absolute Gasteiger partial charge is 0.497 e. The van der Waals surface area contributed by atoms with Crippen LogP contribution in [0.25, 0.3) is 0 Å². The van der Waals surface area contributed by atoms with Crippen molar-refractivity contribution in [1.82, 2.24) is 25.0 Å². The van der Waals surface area contributed by atoms with E-state index in [0.29, 0.717) is 19.7 Å². The van der Waals surface area contributed by atoms with Gasteiger partial charge in [-0.15, -0.1) is 24.0 Å². The molecule has 0 unspecified atom stereocenters. The monoisotopic (exact) mass is 488 g/mol. The third-order valence-corrected chi connectivity index (χ3v) is 3.75. The van der Waals surface area contributed by atoms with Crippen LogP contribution in [0, 0.1) is 0 Å². The number of halogens is 1. The van der Waals surface area contributed by atoms with Crippen LogP contribution in [0.1, 0.15) is 19.2 Å². The van der Waals surface area contributed by atoms with Gasteiger partial charge < -0.3 is 19.7 Å². The number of hydrogen-bond acceptors (Lipinski definition) is 5. The van der Waals surface area contributed by atoms with Crippen LogP contribution in [0.3, 0.4) is 0 Å². The van der Waals surface area contributed by atoms with E-state index in [-0.39, 0.29) is 24.0 Å². The number of nitrogens with zero attached hydrogens (tertiary/aromatic N) is 5. The highest BCUT2D eigenvalue weighted by Gasteiger charge is 2.09. The van der Waals surface area contributed by atoms with Crippen molar-refractivity contribution in [1.29, 1.82) is 0 Å². The topological polar surface area (TPSA) is 76.8 Å². The fraction of sp³-hybridized carbons (Fsp3) is 0.500. The number of aliphatic imine (C=N–C) groups is 1. The van der Waals surface area contributed by atoms with Gasteiger partial charge in [0, 0.05) is 39.7 Å². The molecule has 0 atom stereocenters. The second-order valence-corrected chi connectivity index (χ2v) is 5.77. The number of guanidine groups is 1. The molecule has 0 aliphatic carbocycles. The van der Waals surface area contributed by atoms with Crippen molar-refractivity contribution in [3.05, 3.63) is 36.4 Å². The van der Waals surface area contributed by atoms with Gasteiger partial charge in [0.25, 0.3) is 0 Å². The van der Waals surface area contributed by atoms with Gasteiger partial charge in [-0.1, -0.05) is 6.07 Å². The van der Waals surface area contributed by atoms with E-state index in [1.807, 2.05) is 43.3 Å². The fourth-order valence-electron chi connectivity index (χ4n) is 2.35. The molecule has 0 fully saturated rings. The average Bonchev–Trinajstić information content (AvgIpc) is 3.05. The fourth-order valence-corrected chi connectivity index (χ4v) is 2.35. The molecule has 0 radical (unpaired) electrons. The van der Waals surface area contributed by atoms with Crippen LogP contribution in [-0.4, -0.2) is 59.5 Å². The van der Waals surface area contributed by atoms with Gasteiger partial charge in [-0.05, 0) is 19.1 Å². The van der Waals surface area contributed by atoms with Crippen LogP contribution in [0.5, 0.6) is 11.5 Å². The van der Waals surface area contributed by atoms with Gasteiger partial charge in [0.1, 0.15) is 23.7 Å². The first-order valence-electron chi connectivity index (χ1n) is 8.73. The predicted molar refractivity (Wildman–Crippen MR) is 117 cm³/mol. The lowest BCUT2D eigenvalue weighted by Gasteiger charge is -2.21. The molecule has 0 aliphatic heterocycles. The smallest absolute Gasteiger partial charge is 0.194 e. The summed E-state index contributed by atoms with van der Waals surface area (Å²) >= 11 is 0. The quantitative estimate of drug-likeness (QED) is 0.253. The van der Waals surface area contributed by atoms with E-state index in [0.717, 1.165) is 36.2 Å². The molecule has 8 nitrogen and oxygen atoms in total. The van der Waals surface area contributed by atoms with Crippen molar-refractivity contribution in [2.45, 2.75) is 19.9 Å². The summed E-state index contributed by atoms with van der Waals surface area (Å²) in [5.41, 5.74) is 0. The highest BCUT2D eigenvalue weighted by Crippen LogP contribution is 2.18. The molecule has 0 amide bonds. The lowest BCUT2D eigenvalue weighted by molar-refractivity contribution is 0.310. The van der Waals surface area contributed by atoms with Gasteiger partial charge in [-0.25, -0.2) is 4.98 Å². The Balaban J connectivity index is 0.00000364. The molecule has 1 heterocycles. The maximum Gasteiger partial charge on any atom is 0.194 e. The van der Waals surface area contributed by atoms with Crippen LogP contribution in [0.15, 0.2) is 35.6 Å². The van der Waals surface area contributed by atoms with Crippen molar-refractivity contribution < 1.29 is 9.47 Å². The minimum absolute atomic E-state index is 0. The zero-order valence-corrected chi connectivity index (χ0v) is 18.7. The van der Waals surface area contributed by atoms with Gasteiger partial charge in [0.2, 0.25) is 0 Å². The first kappa shape index (κ1) is 23.0. The Morgan fingerprint density at radius 1 is 1.33 bits per heavy atom. The summed E-state index contributed by atoms with van der Waals surface area (Å²) in [5.74, 6) is 3.33. The molecule has 0 saturated carbocycles. The van der Waals surface area contributed by atoms with E-state index in [1.54, 1.807) is 18.1 Å². The predicted octanol–water partition coefficient (Wildman–Crippen LogP) is 2.31. The van der Waals surface area contributed by atoms with Crippen LogP contribution in [-0.2, 0) is 13.6 Å². The normalized spacial score (nSPS) is 10.9. The Morgan fingerprint density at radius 2 is 2.11 bits per heavy atom. The summed E-state index contributed by atoms with van der Waals surface area (Å²) in [4.78, 5) is 10.9. The Morgan fingerprint density at radius 3 is 2.78 bits per heavy atom. The van der Waals surface area contributed by atoms with Gasteiger partial charge >= 0.3 is 0 Å². The summed E-state index contributed by atoms with van der Waals surface area (Å²) in [6, 6.07) is 7.61. The first-order valence-corrected chi connectivity index (χ1v) is 8.73. The second kappa shape index (κ2) is 12.4. The summed E-state index contributed by atoms with van der Waals surface area (Å²) in [6.07, 6.45) is 2.38. The number of rotatable bonds is 9. The third-order valence-electron chi connectivity index (χ3n) is 3.75. The molecule has 1 aromatic heterocycles. The molecular weight excluding hydrogens is 459 g/mol. The van der Waals surface area contributed by atoms with Crippen molar-refractivity contribution in [3.8, 4) is 11.5 Å². The van der Waals surface area contributed by atoms with E-state index < -0.39 is 0 Å². The Hall–Kier alpha value is -2.04. The lowest BCUT2D eigenvalue weighted by Crippen LogP contribution is -2.39. The molecule has 150 valence electrons. The van der Waals surface area contributed by atoms with Crippen molar-refractivity contribution in [2.24, 2.45) is 12.0 Å². The average molecular weight is 488 g/mol. The lowest BCUT2D eigenvalue weighted by atomic mass is 10.3. The van der Waals surface area contributed by atoms with Gasteiger partial charge in [-0.3, -0.25) is 9.67 Å². The molecule has 2 aromatic rings. The van der Waals surface area contributed by atoms with Crippen LogP contribution >= 0.6 is 24.0 Å². The molecule has 0 bridgehead atoms. The Labute approximate surface area is 178 Å². The molecule has 1 N–H and O–H groups in total. The number of hydrogen-bond donors (Lipinski definition) is 1. The van der Waals surface area contributed by atoms with Crippen molar-refractivity contribution >= 4 is 29.9 Å². The van der Waals surface area contributed by atoms with Crippen LogP contribution < -0.4 is 14.8 Å². The number of ether oxygens (including phenoxy) is 2. The number of aryl methyl sites for hydroxylation is 1. The van der Waals surface area contributed by atoms with E-state index >= 15 is 0 Å². The molecule has 0 aliphatic rings. The number of methoxy groups -OCH3 is 1. The number of benzene rings is 1. The molecule has 1 aromatic carbocycles. The maximum absolute atomic E-state index is 5.75. The molecule has 2 rings (SSSR count). The highest BCUT2D eigenvalue weighted by atomic mass is 127. The minimum atomic E-state index is 0. The Bertz CT molecular complexity index is 707. The van der Waals surface area contributed by atoms with Crippen molar-refractivity contribution in [3.63, 3.8) is 0 Å². The SMILES string of the molecule is CCNC(=NCCCOc1cccc(OC)c1)N(C)Cc1ncnn1C.I. The molecular formula is C18H29IN6O2. The minimum Gasteiger partial charge on any atom is -0.497 e. The highest BCUT2D eigenvalue weighted by molar-refractivity contribution is 14.0. The summed E-state index contributed by atoms with van der Waals surface area (Å²) in [6.45, 7) is 4.78. The Kier molecular flexibility index (Phi) is 10.5. The van der Waals surface area contributed by atoms with Gasteiger partial charge in [-0.2, -0.15) is 5.10 Å². The van der Waals surface area contributed by atoms with E-state index in [2.05, 4.69) is 27.3 Å². The van der Waals surface area contributed by atoms with Crippen LogP contribution in [0.2, 0.25) is 0 Å². The number of nitrogens with one attached hydrogen (secondary N) is 1. The maximum atomic E-state index is 5.75. The zero-order valence-electron chi connectivity index (χ0n) is 16.4. The summed E-state index contributed by atoms with van der Waals surface area (Å²) in [7, 11) is 5.52. The van der Waals surface area contributed by atoms with Gasteiger partial charge in [0.05, 0.1) is 20.3 Å². The second-order valence-electron chi connectivity index (χ2n) is 5.77. The zero-order chi connectivity index (χ0) is 18.8. The molecule has 9 heteroatoms. The molecule has 27 heavy (non-hydrogen) atoms. The van der Waals surface area contributed by atoms with E-state index in [4.69, 9.17) is 9.47 Å². The first-order chi connectivity index (χ1) is 12.6. The van der Waals surface area contributed by atoms with Gasteiger partial charge in [0.15, 0.2) is 5.96 Å². The van der Waals surface area contributed by atoms with Crippen LogP contribution in [0.4, 0.5) is 0 Å². The van der Waals surface area contributed by atoms with E-state index in [9.17, 15) is 0 Å².